The van der Waals surface area contributed by atoms with Crippen LogP contribution in [-0.2, 0) is 35.5 Å². The van der Waals surface area contributed by atoms with Crippen molar-refractivity contribution in [2.24, 2.45) is 5.92 Å². The van der Waals surface area contributed by atoms with Crippen LogP contribution in [0.2, 0.25) is 0 Å². The van der Waals surface area contributed by atoms with Gasteiger partial charge in [-0.05, 0) is 61.4 Å². The second-order valence-corrected chi connectivity index (χ2v) is 12.4. The number of rotatable bonds is 16. The summed E-state index contributed by atoms with van der Waals surface area (Å²) in [5.41, 5.74) is 4.16. The Balaban J connectivity index is 1.46. The van der Waals surface area contributed by atoms with Crippen LogP contribution in [0.3, 0.4) is 0 Å². The van der Waals surface area contributed by atoms with E-state index in [9.17, 15) is 19.5 Å². The van der Waals surface area contributed by atoms with E-state index in [-0.39, 0.29) is 31.4 Å². The average molecular weight is 667 g/mol. The number of nitrogens with zero attached hydrogens (tertiary/aromatic N) is 2. The molecule has 1 unspecified atom stereocenters. The number of benzene rings is 2. The van der Waals surface area contributed by atoms with E-state index in [2.05, 4.69) is 31.2 Å². The fourth-order valence-electron chi connectivity index (χ4n) is 5.41. The summed E-state index contributed by atoms with van der Waals surface area (Å²) < 4.78 is 5.44. The zero-order valence-corrected chi connectivity index (χ0v) is 28.2. The molecule has 0 saturated heterocycles. The molecule has 11 heteroatoms. The number of aromatic nitrogens is 2. The molecule has 2 heterocycles. The van der Waals surface area contributed by atoms with Crippen LogP contribution in [0.4, 0.5) is 9.59 Å². The van der Waals surface area contributed by atoms with Crippen molar-refractivity contribution in [3.63, 3.8) is 0 Å². The summed E-state index contributed by atoms with van der Waals surface area (Å²) in [6.45, 7) is 5.82. The van der Waals surface area contributed by atoms with Crippen LogP contribution >= 0.6 is 0 Å². The zero-order chi connectivity index (χ0) is 35.0. The Morgan fingerprint density at radius 3 is 2.10 bits per heavy atom. The maximum Gasteiger partial charge on any atom is 0.407 e. The van der Waals surface area contributed by atoms with Crippen LogP contribution in [-0.4, -0.2) is 57.3 Å². The number of nitrogens with one attached hydrogen (secondary N) is 4. The highest BCUT2D eigenvalue weighted by Crippen LogP contribution is 2.15. The van der Waals surface area contributed by atoms with E-state index >= 15 is 0 Å². The quantitative estimate of drug-likeness (QED) is 0.117. The molecule has 49 heavy (non-hydrogen) atoms. The number of carbonyl (C=O) groups is 3. The number of aryl methyl sites for hydroxylation is 1. The van der Waals surface area contributed by atoms with Crippen molar-refractivity contribution in [2.75, 3.05) is 0 Å². The molecule has 5 N–H and O–H groups in total. The molecular weight excluding hydrogens is 620 g/mol. The van der Waals surface area contributed by atoms with Gasteiger partial charge in [0.05, 0.1) is 24.4 Å². The van der Waals surface area contributed by atoms with Gasteiger partial charge in [-0.15, -0.1) is 0 Å². The smallest absolute Gasteiger partial charge is 0.407 e. The molecule has 0 saturated carbocycles. The van der Waals surface area contributed by atoms with Gasteiger partial charge in [0.25, 0.3) is 0 Å². The van der Waals surface area contributed by atoms with Gasteiger partial charge >= 0.3 is 12.1 Å². The molecular formula is C38H46N6O5. The largest absolute Gasteiger partial charge is 0.445 e. The summed E-state index contributed by atoms with van der Waals surface area (Å²) in [6.07, 6.45) is 2.39. The second kappa shape index (κ2) is 18.9. The molecule has 0 bridgehead atoms. The lowest BCUT2D eigenvalue weighted by Gasteiger charge is -2.30. The topological polar surface area (TPSA) is 155 Å². The first-order chi connectivity index (χ1) is 23.7. The summed E-state index contributed by atoms with van der Waals surface area (Å²) in [4.78, 5) is 48.0. The summed E-state index contributed by atoms with van der Waals surface area (Å²) >= 11 is 0. The lowest BCUT2D eigenvalue weighted by Crippen LogP contribution is -2.55. The maximum atomic E-state index is 13.7. The summed E-state index contributed by atoms with van der Waals surface area (Å²) in [6, 6.07) is 25.7. The minimum absolute atomic E-state index is 0.0270. The van der Waals surface area contributed by atoms with E-state index in [1.165, 1.54) is 0 Å². The van der Waals surface area contributed by atoms with Crippen LogP contribution in [0.25, 0.3) is 0 Å². The molecule has 2 aromatic carbocycles. The third-order valence-electron chi connectivity index (χ3n) is 7.97. The Bertz CT molecular complexity index is 1610. The minimum Gasteiger partial charge on any atom is -0.445 e. The van der Waals surface area contributed by atoms with Gasteiger partial charge in [-0.3, -0.25) is 14.8 Å². The number of amides is 4. The van der Waals surface area contributed by atoms with Crippen LogP contribution in [0.15, 0.2) is 103 Å². The third-order valence-corrected chi connectivity index (χ3v) is 7.97. The van der Waals surface area contributed by atoms with Crippen molar-refractivity contribution in [1.29, 1.82) is 0 Å². The number of hydrogen-bond donors (Lipinski definition) is 5. The number of ether oxygens (including phenoxy) is 1. The molecule has 11 nitrogen and oxygen atoms in total. The van der Waals surface area contributed by atoms with Crippen LogP contribution < -0.4 is 21.3 Å². The molecule has 0 aliphatic rings. The molecule has 4 rings (SSSR count). The Kier molecular flexibility index (Phi) is 14.1. The standard InChI is InChI=1S/C38H46N6O5/c1-26(2)35(44-37(47)40-24-31-18-10-12-27(3)41-31)36(46)42-32(20-28-13-6-4-7-14-28)22-34(45)33(21-29-15-8-5-9-16-29)43-38(48)49-25-30-17-11-19-39-23-30/h4-19,23,26,32-35,45H,20-22,24-25H2,1-3H3,(H,42,46)(H,43,48)(H2,40,44,47)/t32-,33-,34-,35?/m0/s1. The van der Waals surface area contributed by atoms with Crippen molar-refractivity contribution in [3.05, 3.63) is 131 Å². The Hall–Kier alpha value is -5.29. The first kappa shape index (κ1) is 36.5. The predicted molar refractivity (Wildman–Crippen MR) is 187 cm³/mol. The molecule has 0 spiro atoms. The van der Waals surface area contributed by atoms with Crippen molar-refractivity contribution in [3.8, 4) is 0 Å². The number of aliphatic hydroxyl groups excluding tert-OH is 1. The second-order valence-electron chi connectivity index (χ2n) is 12.4. The summed E-state index contributed by atoms with van der Waals surface area (Å²) in [7, 11) is 0. The van der Waals surface area contributed by atoms with Crippen molar-refractivity contribution >= 4 is 18.0 Å². The minimum atomic E-state index is -1.06. The predicted octanol–water partition coefficient (Wildman–Crippen LogP) is 4.63. The fourth-order valence-corrected chi connectivity index (χ4v) is 5.41. The van der Waals surface area contributed by atoms with E-state index in [1.54, 1.807) is 24.5 Å². The first-order valence-electron chi connectivity index (χ1n) is 16.5. The van der Waals surface area contributed by atoms with E-state index in [1.807, 2.05) is 99.6 Å². The molecule has 258 valence electrons. The SMILES string of the molecule is Cc1cccc(CNC(=O)NC(C(=O)N[C@@H](Cc2ccccc2)C[C@H](O)[C@H](Cc2ccccc2)NC(=O)OCc2cccnc2)C(C)C)n1. The van der Waals surface area contributed by atoms with Crippen molar-refractivity contribution in [2.45, 2.75) is 77.4 Å². The lowest BCUT2D eigenvalue weighted by molar-refractivity contribution is -0.124. The van der Waals surface area contributed by atoms with Gasteiger partial charge < -0.3 is 31.1 Å². The van der Waals surface area contributed by atoms with E-state index in [0.717, 1.165) is 22.4 Å². The van der Waals surface area contributed by atoms with Crippen LogP contribution in [0.1, 0.15) is 48.3 Å². The molecule has 4 atom stereocenters. The van der Waals surface area contributed by atoms with Gasteiger partial charge in [0, 0.05) is 29.7 Å². The highest BCUT2D eigenvalue weighted by atomic mass is 16.5. The molecule has 4 amide bonds. The highest BCUT2D eigenvalue weighted by Gasteiger charge is 2.30. The Morgan fingerprint density at radius 2 is 1.47 bits per heavy atom. The van der Waals surface area contributed by atoms with Gasteiger partial charge in [-0.2, -0.15) is 0 Å². The van der Waals surface area contributed by atoms with Gasteiger partial charge in [0.2, 0.25) is 5.91 Å². The Labute approximate surface area is 287 Å². The third kappa shape index (κ3) is 12.7. The number of alkyl carbamates (subject to hydrolysis) is 1. The van der Waals surface area contributed by atoms with Gasteiger partial charge in [-0.25, -0.2) is 9.59 Å². The summed E-state index contributed by atoms with van der Waals surface area (Å²) in [5, 5.41) is 23.1. The first-order valence-corrected chi connectivity index (χ1v) is 16.5. The van der Waals surface area contributed by atoms with Crippen LogP contribution in [0, 0.1) is 12.8 Å². The Morgan fingerprint density at radius 1 is 0.796 bits per heavy atom. The monoisotopic (exact) mass is 666 g/mol. The molecule has 0 aliphatic heterocycles. The normalized spacial score (nSPS) is 13.4. The molecule has 0 aliphatic carbocycles. The number of urea groups is 1. The van der Waals surface area contributed by atoms with E-state index in [4.69, 9.17) is 4.74 Å². The van der Waals surface area contributed by atoms with E-state index in [0.29, 0.717) is 18.5 Å². The van der Waals surface area contributed by atoms with Gasteiger partial charge in [0.1, 0.15) is 12.6 Å². The number of carbonyl (C=O) groups excluding carboxylic acids is 3. The molecule has 0 radical (unpaired) electrons. The summed E-state index contributed by atoms with van der Waals surface area (Å²) in [5.74, 6) is -0.609. The van der Waals surface area contributed by atoms with E-state index < -0.39 is 36.4 Å². The molecule has 4 aromatic rings. The van der Waals surface area contributed by atoms with Crippen molar-refractivity contribution in [1.82, 2.24) is 31.2 Å². The van der Waals surface area contributed by atoms with Gasteiger partial charge in [-0.1, -0.05) is 86.6 Å². The number of aliphatic hydroxyl groups is 1. The zero-order valence-electron chi connectivity index (χ0n) is 28.2. The maximum absolute atomic E-state index is 13.7. The average Bonchev–Trinajstić information content (AvgIpc) is 3.09. The molecule has 2 aromatic heterocycles. The fraction of sp³-hybridized carbons (Fsp3) is 0.342. The number of hydrogen-bond acceptors (Lipinski definition) is 7. The van der Waals surface area contributed by atoms with Crippen LogP contribution in [0.5, 0.6) is 0 Å². The highest BCUT2D eigenvalue weighted by molar-refractivity contribution is 5.87. The van der Waals surface area contributed by atoms with Gasteiger partial charge in [0.15, 0.2) is 0 Å². The lowest BCUT2D eigenvalue weighted by atomic mass is 9.93. The molecule has 0 fully saturated rings. The number of pyridine rings is 2. The van der Waals surface area contributed by atoms with Crippen molar-refractivity contribution < 1.29 is 24.2 Å².